The van der Waals surface area contributed by atoms with Crippen molar-refractivity contribution < 1.29 is 27.5 Å². The molecule has 5 nitrogen and oxygen atoms in total. The lowest BCUT2D eigenvalue weighted by molar-refractivity contribution is -0.138. The van der Waals surface area contributed by atoms with Gasteiger partial charge in [-0.3, -0.25) is 14.5 Å². The molecule has 0 saturated carbocycles. The van der Waals surface area contributed by atoms with Crippen molar-refractivity contribution in [3.63, 3.8) is 0 Å². The van der Waals surface area contributed by atoms with E-state index in [-0.39, 0.29) is 17.6 Å². The van der Waals surface area contributed by atoms with E-state index in [9.17, 15) is 22.8 Å². The number of thioether (sulfide) groups is 1. The first-order chi connectivity index (χ1) is 12.8. The van der Waals surface area contributed by atoms with Crippen molar-refractivity contribution in [3.8, 4) is 0 Å². The summed E-state index contributed by atoms with van der Waals surface area (Å²) in [6.07, 6.45) is -3.94. The zero-order valence-corrected chi connectivity index (χ0v) is 15.9. The summed E-state index contributed by atoms with van der Waals surface area (Å²) < 4.78 is 42.3. The molecule has 0 radical (unpaired) electrons. The van der Waals surface area contributed by atoms with Gasteiger partial charge in [0, 0.05) is 44.9 Å². The van der Waals surface area contributed by atoms with Gasteiger partial charge >= 0.3 is 12.1 Å². The van der Waals surface area contributed by atoms with Crippen LogP contribution in [0.3, 0.4) is 0 Å². The van der Waals surface area contributed by atoms with E-state index in [1.807, 2.05) is 0 Å². The normalized spacial score (nSPS) is 15.6. The molecule has 1 aliphatic rings. The lowest BCUT2D eigenvalue weighted by Gasteiger charge is -2.34. The SMILES string of the molecule is COC(=O)CSCCC(=O)N1CCN(Cc2ccc(C(F)(F)F)cc2)CC1. The van der Waals surface area contributed by atoms with E-state index in [4.69, 9.17) is 0 Å². The molecule has 1 fully saturated rings. The number of carbonyl (C=O) groups excluding carboxylic acids is 2. The second kappa shape index (κ2) is 9.98. The van der Waals surface area contributed by atoms with Crippen LogP contribution in [0.1, 0.15) is 17.5 Å². The monoisotopic (exact) mass is 404 g/mol. The fourth-order valence-electron chi connectivity index (χ4n) is 2.74. The largest absolute Gasteiger partial charge is 0.468 e. The van der Waals surface area contributed by atoms with Crippen LogP contribution in [-0.4, -0.2) is 66.5 Å². The Bertz CT molecular complexity index is 630. The highest BCUT2D eigenvalue weighted by atomic mass is 32.2. The fraction of sp³-hybridized carbons (Fsp3) is 0.556. The van der Waals surface area contributed by atoms with Gasteiger partial charge in [-0.2, -0.15) is 13.2 Å². The Kier molecular flexibility index (Phi) is 7.97. The van der Waals surface area contributed by atoms with Gasteiger partial charge < -0.3 is 9.64 Å². The van der Waals surface area contributed by atoms with Crippen LogP contribution in [0, 0.1) is 0 Å². The van der Waals surface area contributed by atoms with Crippen LogP contribution in [0.25, 0.3) is 0 Å². The number of piperazine rings is 1. The molecule has 1 saturated heterocycles. The van der Waals surface area contributed by atoms with Gasteiger partial charge in [-0.1, -0.05) is 12.1 Å². The Balaban J connectivity index is 1.70. The lowest BCUT2D eigenvalue weighted by Crippen LogP contribution is -2.48. The summed E-state index contributed by atoms with van der Waals surface area (Å²) in [6, 6.07) is 5.19. The predicted octanol–water partition coefficient (Wildman–Crippen LogP) is 2.65. The molecule has 0 unspecified atom stereocenters. The number of ether oxygens (including phenoxy) is 1. The number of esters is 1. The van der Waals surface area contributed by atoms with Crippen LogP contribution in [0.15, 0.2) is 24.3 Å². The summed E-state index contributed by atoms with van der Waals surface area (Å²) >= 11 is 1.37. The van der Waals surface area contributed by atoms with E-state index in [0.717, 1.165) is 17.7 Å². The molecule has 0 atom stereocenters. The number of amides is 1. The van der Waals surface area contributed by atoms with Gasteiger partial charge in [-0.05, 0) is 17.7 Å². The number of nitrogens with zero attached hydrogens (tertiary/aromatic N) is 2. The Hall–Kier alpha value is -1.74. The highest BCUT2D eigenvalue weighted by Crippen LogP contribution is 2.29. The molecule has 27 heavy (non-hydrogen) atoms. The van der Waals surface area contributed by atoms with Crippen molar-refractivity contribution in [1.29, 1.82) is 0 Å². The van der Waals surface area contributed by atoms with Crippen molar-refractivity contribution >= 4 is 23.6 Å². The summed E-state index contributed by atoms with van der Waals surface area (Å²) in [5.74, 6) is 0.565. The molecule has 1 aromatic carbocycles. The fourth-order valence-corrected chi connectivity index (χ4v) is 3.49. The van der Waals surface area contributed by atoms with Gasteiger partial charge in [0.15, 0.2) is 0 Å². The zero-order chi connectivity index (χ0) is 19.9. The molecule has 1 heterocycles. The van der Waals surface area contributed by atoms with E-state index in [2.05, 4.69) is 9.64 Å². The van der Waals surface area contributed by atoms with Gasteiger partial charge in [0.2, 0.25) is 5.91 Å². The smallest absolute Gasteiger partial charge is 0.416 e. The van der Waals surface area contributed by atoms with Gasteiger partial charge in [0.1, 0.15) is 0 Å². The van der Waals surface area contributed by atoms with Gasteiger partial charge in [0.25, 0.3) is 0 Å². The third-order valence-electron chi connectivity index (χ3n) is 4.32. The first-order valence-corrected chi connectivity index (χ1v) is 9.76. The lowest BCUT2D eigenvalue weighted by atomic mass is 10.1. The van der Waals surface area contributed by atoms with Crippen LogP contribution in [0.2, 0.25) is 0 Å². The molecule has 150 valence electrons. The van der Waals surface area contributed by atoms with Crippen LogP contribution in [-0.2, 0) is 27.0 Å². The molecular formula is C18H23F3N2O3S. The second-order valence-corrected chi connectivity index (χ2v) is 7.34. The zero-order valence-electron chi connectivity index (χ0n) is 15.1. The van der Waals surface area contributed by atoms with Crippen LogP contribution < -0.4 is 0 Å². The van der Waals surface area contributed by atoms with Gasteiger partial charge in [-0.15, -0.1) is 11.8 Å². The molecule has 0 bridgehead atoms. The molecule has 1 aromatic rings. The standard InChI is InChI=1S/C18H23F3N2O3S/c1-26-17(25)13-27-11-6-16(24)23-9-7-22(8-10-23)12-14-2-4-15(5-3-14)18(19,20)21/h2-5H,6-13H2,1H3. The van der Waals surface area contributed by atoms with E-state index in [1.165, 1.54) is 31.0 Å². The number of carbonyl (C=O) groups is 2. The maximum Gasteiger partial charge on any atom is 0.416 e. The van der Waals surface area contributed by atoms with Gasteiger partial charge in [-0.25, -0.2) is 0 Å². The third kappa shape index (κ3) is 7.06. The van der Waals surface area contributed by atoms with Crippen molar-refractivity contribution in [3.05, 3.63) is 35.4 Å². The van der Waals surface area contributed by atoms with Crippen molar-refractivity contribution in [2.24, 2.45) is 0 Å². The van der Waals surface area contributed by atoms with Crippen molar-refractivity contribution in [1.82, 2.24) is 9.80 Å². The first kappa shape index (κ1) is 21.6. The Morgan fingerprint density at radius 3 is 2.30 bits per heavy atom. The average Bonchev–Trinajstić information content (AvgIpc) is 2.65. The minimum atomic E-state index is -4.32. The van der Waals surface area contributed by atoms with E-state index in [1.54, 1.807) is 4.90 Å². The topological polar surface area (TPSA) is 49.9 Å². The molecule has 1 aliphatic heterocycles. The van der Waals surface area contributed by atoms with E-state index in [0.29, 0.717) is 44.9 Å². The molecular weight excluding hydrogens is 381 g/mol. The van der Waals surface area contributed by atoms with Crippen LogP contribution in [0.5, 0.6) is 0 Å². The van der Waals surface area contributed by atoms with Crippen molar-refractivity contribution in [2.45, 2.75) is 19.1 Å². The number of hydrogen-bond donors (Lipinski definition) is 0. The Morgan fingerprint density at radius 1 is 1.11 bits per heavy atom. The molecule has 0 aliphatic carbocycles. The molecule has 0 N–H and O–H groups in total. The average molecular weight is 404 g/mol. The minimum Gasteiger partial charge on any atom is -0.468 e. The molecule has 1 amide bonds. The maximum atomic E-state index is 12.6. The number of methoxy groups -OCH3 is 1. The van der Waals surface area contributed by atoms with Crippen LogP contribution >= 0.6 is 11.8 Å². The van der Waals surface area contributed by atoms with E-state index >= 15 is 0 Å². The summed E-state index contributed by atoms with van der Waals surface area (Å²) in [6.45, 7) is 3.13. The Labute approximate surface area is 160 Å². The minimum absolute atomic E-state index is 0.0570. The Morgan fingerprint density at radius 2 is 1.74 bits per heavy atom. The second-order valence-electron chi connectivity index (χ2n) is 6.23. The quantitative estimate of drug-likeness (QED) is 0.517. The summed E-state index contributed by atoms with van der Waals surface area (Å²) in [7, 11) is 1.33. The van der Waals surface area contributed by atoms with E-state index < -0.39 is 11.7 Å². The summed E-state index contributed by atoms with van der Waals surface area (Å²) in [5.41, 5.74) is 0.175. The molecule has 9 heteroatoms. The highest BCUT2D eigenvalue weighted by molar-refractivity contribution is 7.99. The predicted molar refractivity (Wildman–Crippen MR) is 97.3 cm³/mol. The highest BCUT2D eigenvalue weighted by Gasteiger charge is 2.30. The number of rotatable bonds is 7. The number of alkyl halides is 3. The molecule has 0 spiro atoms. The summed E-state index contributed by atoms with van der Waals surface area (Å²) in [5, 5.41) is 0. The maximum absolute atomic E-state index is 12.6. The molecule has 2 rings (SSSR count). The summed E-state index contributed by atoms with van der Waals surface area (Å²) in [4.78, 5) is 27.1. The number of hydrogen-bond acceptors (Lipinski definition) is 5. The first-order valence-electron chi connectivity index (χ1n) is 8.60. The number of halogens is 3. The third-order valence-corrected chi connectivity index (χ3v) is 5.25. The number of benzene rings is 1. The van der Waals surface area contributed by atoms with Crippen LogP contribution in [0.4, 0.5) is 13.2 Å². The van der Waals surface area contributed by atoms with Crippen molar-refractivity contribution in [2.75, 3.05) is 44.8 Å². The molecule has 0 aromatic heterocycles. The van der Waals surface area contributed by atoms with Gasteiger partial charge in [0.05, 0.1) is 18.4 Å².